The number of carbonyl (C=O) groups excluding carboxylic acids is 1. The third-order valence-electron chi connectivity index (χ3n) is 8.73. The zero-order chi connectivity index (χ0) is 26.4. The Kier molecular flexibility index (Phi) is 9.38. The summed E-state index contributed by atoms with van der Waals surface area (Å²) >= 11 is 0. The number of hydrogen-bond acceptors (Lipinski definition) is 6. The molecule has 4 aliphatic rings. The van der Waals surface area contributed by atoms with Crippen LogP contribution in [0.25, 0.3) is 0 Å². The number of likely N-dealkylation sites (tertiary alicyclic amines) is 1. The molecule has 4 heterocycles. The van der Waals surface area contributed by atoms with Crippen LogP contribution in [-0.2, 0) is 30.9 Å². The molecule has 0 radical (unpaired) electrons. The van der Waals surface area contributed by atoms with Gasteiger partial charge in [0.25, 0.3) is 10.2 Å². The second-order valence-electron chi connectivity index (χ2n) is 11.3. The molecule has 0 saturated carbocycles. The van der Waals surface area contributed by atoms with Gasteiger partial charge in [0.1, 0.15) is 0 Å². The summed E-state index contributed by atoms with van der Waals surface area (Å²) in [5, 5.41) is 3.08. The molecule has 1 spiro atoms. The summed E-state index contributed by atoms with van der Waals surface area (Å²) in [6.45, 7) is 6.53. The van der Waals surface area contributed by atoms with E-state index in [9.17, 15) is 13.2 Å². The summed E-state index contributed by atoms with van der Waals surface area (Å²) in [6, 6.07) is 10.8. The molecule has 0 aliphatic carbocycles. The molecule has 1 aromatic carbocycles. The highest BCUT2D eigenvalue weighted by molar-refractivity contribution is 7.86. The SMILES string of the molecule is O=C(NCCCN1CCC(Cc2ccccc2)CC1)C1CCCN(S(=O)(=O)N2CCC3(CC2)OCCO3)C1. The Labute approximate surface area is 228 Å². The van der Waals surface area contributed by atoms with E-state index in [2.05, 4.69) is 40.5 Å². The zero-order valence-electron chi connectivity index (χ0n) is 22.6. The minimum atomic E-state index is -3.59. The van der Waals surface area contributed by atoms with Gasteiger partial charge in [0.15, 0.2) is 5.79 Å². The summed E-state index contributed by atoms with van der Waals surface area (Å²) in [7, 11) is -3.59. The lowest BCUT2D eigenvalue weighted by atomic mass is 9.90. The first-order chi connectivity index (χ1) is 18.4. The van der Waals surface area contributed by atoms with Gasteiger partial charge in [0.2, 0.25) is 5.91 Å². The van der Waals surface area contributed by atoms with Crippen LogP contribution in [-0.4, -0.2) is 99.2 Å². The van der Waals surface area contributed by atoms with Gasteiger partial charge in [-0.3, -0.25) is 4.79 Å². The first-order valence-corrected chi connectivity index (χ1v) is 15.9. The van der Waals surface area contributed by atoms with Crippen molar-refractivity contribution in [2.24, 2.45) is 11.8 Å². The van der Waals surface area contributed by atoms with Gasteiger partial charge in [-0.05, 0) is 69.6 Å². The molecule has 212 valence electrons. The van der Waals surface area contributed by atoms with Crippen molar-refractivity contribution in [3.05, 3.63) is 35.9 Å². The topological polar surface area (TPSA) is 91.4 Å². The maximum atomic E-state index is 13.3. The molecule has 38 heavy (non-hydrogen) atoms. The molecule has 4 aliphatic heterocycles. The van der Waals surface area contributed by atoms with E-state index < -0.39 is 16.0 Å². The van der Waals surface area contributed by atoms with Crippen molar-refractivity contribution in [3.63, 3.8) is 0 Å². The highest BCUT2D eigenvalue weighted by Crippen LogP contribution is 2.33. The Hall–Kier alpha value is -1.56. The number of nitrogens with one attached hydrogen (secondary N) is 1. The van der Waals surface area contributed by atoms with Crippen LogP contribution < -0.4 is 5.32 Å². The molecule has 0 bridgehead atoms. The lowest BCUT2D eigenvalue weighted by Gasteiger charge is -2.40. The second-order valence-corrected chi connectivity index (χ2v) is 13.3. The molecular formula is C28H44N4O5S. The number of hydrogen-bond donors (Lipinski definition) is 1. The van der Waals surface area contributed by atoms with E-state index >= 15 is 0 Å². The van der Waals surface area contributed by atoms with E-state index in [-0.39, 0.29) is 18.4 Å². The van der Waals surface area contributed by atoms with Crippen molar-refractivity contribution >= 4 is 16.1 Å². The fourth-order valence-corrected chi connectivity index (χ4v) is 8.09. The number of benzene rings is 1. The van der Waals surface area contributed by atoms with Crippen LogP contribution >= 0.6 is 0 Å². The molecule has 1 aromatic rings. The number of carbonyl (C=O) groups is 1. The maximum Gasteiger partial charge on any atom is 0.282 e. The van der Waals surface area contributed by atoms with E-state index in [4.69, 9.17) is 9.47 Å². The van der Waals surface area contributed by atoms with E-state index in [0.717, 1.165) is 38.4 Å². The number of piperidine rings is 3. The normalized spacial score (nSPS) is 26.1. The van der Waals surface area contributed by atoms with Crippen LogP contribution in [0.2, 0.25) is 0 Å². The first-order valence-electron chi connectivity index (χ1n) is 14.5. The van der Waals surface area contributed by atoms with E-state index in [0.29, 0.717) is 58.7 Å². The van der Waals surface area contributed by atoms with Gasteiger partial charge >= 0.3 is 0 Å². The molecule has 1 atom stereocenters. The average molecular weight is 549 g/mol. The fraction of sp³-hybridized carbons (Fsp3) is 0.750. The predicted molar refractivity (Wildman–Crippen MR) is 146 cm³/mol. The van der Waals surface area contributed by atoms with Gasteiger partial charge in [-0.15, -0.1) is 0 Å². The number of amides is 1. The smallest absolute Gasteiger partial charge is 0.282 e. The Morgan fingerprint density at radius 1 is 0.947 bits per heavy atom. The van der Waals surface area contributed by atoms with Gasteiger partial charge in [-0.1, -0.05) is 30.3 Å². The molecule has 9 nitrogen and oxygen atoms in total. The number of nitrogens with zero attached hydrogens (tertiary/aromatic N) is 3. The summed E-state index contributed by atoms with van der Waals surface area (Å²) in [5.74, 6) is -0.148. The van der Waals surface area contributed by atoms with Crippen molar-refractivity contribution < 1.29 is 22.7 Å². The second kappa shape index (κ2) is 12.7. The lowest BCUT2D eigenvalue weighted by Crippen LogP contribution is -2.54. The van der Waals surface area contributed by atoms with Crippen molar-refractivity contribution in [2.45, 2.75) is 57.2 Å². The molecule has 4 fully saturated rings. The Balaban J connectivity index is 0.994. The largest absolute Gasteiger partial charge is 0.356 e. The van der Waals surface area contributed by atoms with Gasteiger partial charge in [0, 0.05) is 45.6 Å². The molecule has 1 unspecified atom stereocenters. The number of rotatable bonds is 9. The summed E-state index contributed by atoms with van der Waals surface area (Å²) < 4.78 is 41.1. The summed E-state index contributed by atoms with van der Waals surface area (Å²) in [4.78, 5) is 15.4. The Morgan fingerprint density at radius 2 is 1.66 bits per heavy atom. The van der Waals surface area contributed by atoms with Gasteiger partial charge in [0.05, 0.1) is 19.1 Å². The Morgan fingerprint density at radius 3 is 2.37 bits per heavy atom. The minimum Gasteiger partial charge on any atom is -0.356 e. The van der Waals surface area contributed by atoms with Crippen LogP contribution in [0.4, 0.5) is 0 Å². The van der Waals surface area contributed by atoms with Gasteiger partial charge in [-0.2, -0.15) is 17.0 Å². The molecule has 1 N–H and O–H groups in total. The van der Waals surface area contributed by atoms with Gasteiger partial charge in [-0.25, -0.2) is 0 Å². The van der Waals surface area contributed by atoms with Crippen molar-refractivity contribution in [1.29, 1.82) is 0 Å². The van der Waals surface area contributed by atoms with E-state index in [1.807, 2.05) is 0 Å². The van der Waals surface area contributed by atoms with E-state index in [1.54, 1.807) is 0 Å². The molecule has 0 aromatic heterocycles. The third kappa shape index (κ3) is 6.95. The fourth-order valence-electron chi connectivity index (χ4n) is 6.39. The average Bonchev–Trinajstić information content (AvgIpc) is 3.40. The van der Waals surface area contributed by atoms with Gasteiger partial charge < -0.3 is 19.7 Å². The molecule has 5 rings (SSSR count). The molecule has 10 heteroatoms. The van der Waals surface area contributed by atoms with Crippen molar-refractivity contribution in [2.75, 3.05) is 65.6 Å². The maximum absolute atomic E-state index is 13.3. The highest BCUT2D eigenvalue weighted by atomic mass is 32.2. The van der Waals surface area contributed by atoms with Crippen LogP contribution in [0.1, 0.15) is 50.5 Å². The van der Waals surface area contributed by atoms with Crippen LogP contribution in [0, 0.1) is 11.8 Å². The van der Waals surface area contributed by atoms with Crippen LogP contribution in [0.5, 0.6) is 0 Å². The first kappa shape index (κ1) is 28.0. The van der Waals surface area contributed by atoms with E-state index in [1.165, 1.54) is 33.4 Å². The van der Waals surface area contributed by atoms with Crippen molar-refractivity contribution in [1.82, 2.24) is 18.8 Å². The standard InChI is InChI=1S/C28H44N4O5S/c33-27(29-13-5-14-30-16-9-25(10-17-30)22-24-6-2-1-3-7-24)26-8-4-15-32(23-26)38(34,35)31-18-11-28(12-19-31)36-20-21-37-28/h1-3,6-7,25-26H,4-5,8-23H2,(H,29,33). The zero-order valence-corrected chi connectivity index (χ0v) is 23.4. The summed E-state index contributed by atoms with van der Waals surface area (Å²) in [5.41, 5.74) is 1.43. The molecular weight excluding hydrogens is 504 g/mol. The molecule has 1 amide bonds. The van der Waals surface area contributed by atoms with Crippen LogP contribution in [0.3, 0.4) is 0 Å². The lowest BCUT2D eigenvalue weighted by molar-refractivity contribution is -0.179. The summed E-state index contributed by atoms with van der Waals surface area (Å²) in [6.07, 6.45) is 7.08. The quantitative estimate of drug-likeness (QED) is 0.476. The monoisotopic (exact) mass is 548 g/mol. The Bertz CT molecular complexity index is 999. The highest BCUT2D eigenvalue weighted by Gasteiger charge is 2.44. The minimum absolute atomic E-state index is 0.0168. The predicted octanol–water partition coefficient (Wildman–Crippen LogP) is 2.24. The molecule has 4 saturated heterocycles. The van der Waals surface area contributed by atoms with Crippen molar-refractivity contribution in [3.8, 4) is 0 Å². The number of ether oxygens (including phenoxy) is 2. The third-order valence-corrected chi connectivity index (χ3v) is 10.7. The van der Waals surface area contributed by atoms with Crippen LogP contribution in [0.15, 0.2) is 30.3 Å².